The standard InChI is InChI=1S/C19H32N4O2.HI/c1-5-15(3)23(4)12-11-21-19(20-6-2)22-13-16-14-24-17-9-7-8-10-18(17)25-16;/h7-10,15-16H,5-6,11-14H2,1-4H3,(H2,20,21,22);1H. The fourth-order valence-corrected chi connectivity index (χ4v) is 2.57. The van der Waals surface area contributed by atoms with Crippen LogP contribution in [0, 0.1) is 0 Å². The second-order valence-electron chi connectivity index (χ2n) is 6.38. The highest BCUT2D eigenvalue weighted by atomic mass is 127. The fraction of sp³-hybridized carbons (Fsp3) is 0.632. The van der Waals surface area contributed by atoms with E-state index < -0.39 is 0 Å². The van der Waals surface area contributed by atoms with Gasteiger partial charge in [0.05, 0.1) is 6.54 Å². The van der Waals surface area contributed by atoms with Crippen LogP contribution >= 0.6 is 24.0 Å². The molecule has 1 aromatic rings. The highest BCUT2D eigenvalue weighted by molar-refractivity contribution is 14.0. The summed E-state index contributed by atoms with van der Waals surface area (Å²) in [6, 6.07) is 8.35. The number of hydrogen-bond donors (Lipinski definition) is 2. The minimum Gasteiger partial charge on any atom is -0.486 e. The van der Waals surface area contributed by atoms with E-state index in [-0.39, 0.29) is 30.1 Å². The topological polar surface area (TPSA) is 58.1 Å². The number of benzene rings is 1. The lowest BCUT2D eigenvalue weighted by atomic mass is 10.2. The monoisotopic (exact) mass is 476 g/mol. The Hall–Kier alpha value is -1.22. The van der Waals surface area contributed by atoms with Crippen LogP contribution in [0.15, 0.2) is 29.3 Å². The number of aliphatic imine (C=N–C) groups is 1. The molecule has 0 aliphatic carbocycles. The van der Waals surface area contributed by atoms with Gasteiger partial charge in [-0.15, -0.1) is 24.0 Å². The van der Waals surface area contributed by atoms with Gasteiger partial charge in [-0.3, -0.25) is 0 Å². The fourth-order valence-electron chi connectivity index (χ4n) is 2.57. The third-order valence-corrected chi connectivity index (χ3v) is 4.47. The summed E-state index contributed by atoms with van der Waals surface area (Å²) in [4.78, 5) is 7.00. The summed E-state index contributed by atoms with van der Waals surface area (Å²) in [6.45, 7) is 10.3. The van der Waals surface area contributed by atoms with Crippen molar-refractivity contribution in [3.8, 4) is 11.5 Å². The van der Waals surface area contributed by atoms with E-state index in [1.807, 2.05) is 24.3 Å². The maximum Gasteiger partial charge on any atom is 0.191 e. The molecule has 0 bridgehead atoms. The molecule has 2 N–H and O–H groups in total. The molecule has 148 valence electrons. The summed E-state index contributed by atoms with van der Waals surface area (Å²) < 4.78 is 11.7. The summed E-state index contributed by atoms with van der Waals surface area (Å²) in [7, 11) is 2.16. The van der Waals surface area contributed by atoms with E-state index in [9.17, 15) is 0 Å². The molecule has 1 aliphatic rings. The molecule has 2 unspecified atom stereocenters. The molecule has 2 atom stereocenters. The van der Waals surface area contributed by atoms with Crippen LogP contribution < -0.4 is 20.1 Å². The molecular formula is C19H33IN4O2. The van der Waals surface area contributed by atoms with Crippen molar-refractivity contribution in [1.82, 2.24) is 15.5 Å². The van der Waals surface area contributed by atoms with Crippen molar-refractivity contribution >= 4 is 29.9 Å². The van der Waals surface area contributed by atoms with Crippen LogP contribution in [-0.4, -0.2) is 62.8 Å². The Morgan fingerprint density at radius 1 is 1.27 bits per heavy atom. The Balaban J connectivity index is 0.00000338. The van der Waals surface area contributed by atoms with Crippen LogP contribution in [0.4, 0.5) is 0 Å². The first kappa shape index (κ1) is 22.8. The van der Waals surface area contributed by atoms with Crippen LogP contribution in [0.3, 0.4) is 0 Å². The minimum atomic E-state index is -0.0619. The van der Waals surface area contributed by atoms with Crippen molar-refractivity contribution in [2.24, 2.45) is 4.99 Å². The van der Waals surface area contributed by atoms with E-state index >= 15 is 0 Å². The first-order valence-electron chi connectivity index (χ1n) is 9.24. The Morgan fingerprint density at radius 3 is 2.69 bits per heavy atom. The van der Waals surface area contributed by atoms with E-state index in [4.69, 9.17) is 9.47 Å². The molecule has 1 aliphatic heterocycles. The number of fused-ring (bicyclic) bond motifs is 1. The van der Waals surface area contributed by atoms with Gasteiger partial charge in [-0.05, 0) is 39.4 Å². The molecule has 7 heteroatoms. The van der Waals surface area contributed by atoms with Crippen molar-refractivity contribution in [2.45, 2.75) is 39.3 Å². The van der Waals surface area contributed by atoms with Crippen LogP contribution in [0.25, 0.3) is 0 Å². The average molecular weight is 476 g/mol. The van der Waals surface area contributed by atoms with Gasteiger partial charge in [0.25, 0.3) is 0 Å². The smallest absolute Gasteiger partial charge is 0.191 e. The molecule has 0 radical (unpaired) electrons. The van der Waals surface area contributed by atoms with Gasteiger partial charge < -0.3 is 25.0 Å². The number of para-hydroxylation sites is 2. The normalized spacial score (nSPS) is 17.4. The van der Waals surface area contributed by atoms with Crippen LogP contribution in [0.5, 0.6) is 11.5 Å². The molecular weight excluding hydrogens is 443 g/mol. The summed E-state index contributed by atoms with van der Waals surface area (Å²) in [5.41, 5.74) is 0. The molecule has 1 heterocycles. The number of likely N-dealkylation sites (N-methyl/N-ethyl adjacent to an activating group) is 1. The van der Waals surface area contributed by atoms with E-state index in [0.29, 0.717) is 19.2 Å². The van der Waals surface area contributed by atoms with Gasteiger partial charge in [0, 0.05) is 25.7 Å². The van der Waals surface area contributed by atoms with Gasteiger partial charge in [0.15, 0.2) is 23.6 Å². The third-order valence-electron chi connectivity index (χ3n) is 4.47. The highest BCUT2D eigenvalue weighted by Crippen LogP contribution is 2.30. The SMILES string of the molecule is CCNC(=NCC1COc2ccccc2O1)NCCN(C)C(C)CC.I. The van der Waals surface area contributed by atoms with Gasteiger partial charge in [0.2, 0.25) is 0 Å². The van der Waals surface area contributed by atoms with Crippen molar-refractivity contribution in [2.75, 3.05) is 39.8 Å². The number of halogens is 1. The minimum absolute atomic E-state index is 0. The zero-order chi connectivity index (χ0) is 18.1. The van der Waals surface area contributed by atoms with E-state index in [1.165, 1.54) is 0 Å². The average Bonchev–Trinajstić information content (AvgIpc) is 2.65. The predicted molar refractivity (Wildman–Crippen MR) is 118 cm³/mol. The number of rotatable bonds is 8. The highest BCUT2D eigenvalue weighted by Gasteiger charge is 2.20. The summed E-state index contributed by atoms with van der Waals surface area (Å²) in [5, 5.41) is 6.67. The third kappa shape index (κ3) is 7.19. The molecule has 0 saturated carbocycles. The van der Waals surface area contributed by atoms with Gasteiger partial charge in [-0.2, -0.15) is 0 Å². The second-order valence-corrected chi connectivity index (χ2v) is 6.38. The zero-order valence-corrected chi connectivity index (χ0v) is 18.7. The van der Waals surface area contributed by atoms with E-state index in [2.05, 4.69) is 48.3 Å². The molecule has 0 aromatic heterocycles. The summed E-state index contributed by atoms with van der Waals surface area (Å²) in [6.07, 6.45) is 1.10. The van der Waals surface area contributed by atoms with Crippen molar-refractivity contribution in [3.63, 3.8) is 0 Å². The number of ether oxygens (including phenoxy) is 2. The second kappa shape index (κ2) is 12.2. The van der Waals surface area contributed by atoms with E-state index in [1.54, 1.807) is 0 Å². The summed E-state index contributed by atoms with van der Waals surface area (Å²) in [5.74, 6) is 2.42. The zero-order valence-electron chi connectivity index (χ0n) is 16.3. The van der Waals surface area contributed by atoms with Crippen molar-refractivity contribution in [3.05, 3.63) is 24.3 Å². The Bertz CT molecular complexity index is 556. The molecule has 2 rings (SSSR count). The van der Waals surface area contributed by atoms with Crippen LogP contribution in [0.1, 0.15) is 27.2 Å². The molecule has 26 heavy (non-hydrogen) atoms. The lowest BCUT2D eigenvalue weighted by Crippen LogP contribution is -2.43. The molecule has 0 spiro atoms. The van der Waals surface area contributed by atoms with Crippen molar-refractivity contribution < 1.29 is 9.47 Å². The van der Waals surface area contributed by atoms with Gasteiger partial charge in [0.1, 0.15) is 6.61 Å². The maximum absolute atomic E-state index is 5.95. The number of nitrogens with zero attached hydrogens (tertiary/aromatic N) is 2. The Morgan fingerprint density at radius 2 is 2.00 bits per heavy atom. The van der Waals surface area contributed by atoms with Crippen LogP contribution in [-0.2, 0) is 0 Å². The molecule has 0 fully saturated rings. The number of guanidine groups is 1. The predicted octanol–water partition coefficient (Wildman–Crippen LogP) is 2.73. The van der Waals surface area contributed by atoms with Gasteiger partial charge >= 0.3 is 0 Å². The Labute approximate surface area is 174 Å². The molecule has 1 aromatic carbocycles. The molecule has 0 saturated heterocycles. The Kier molecular flexibility index (Phi) is 10.7. The molecule has 6 nitrogen and oxygen atoms in total. The number of nitrogens with one attached hydrogen (secondary N) is 2. The van der Waals surface area contributed by atoms with E-state index in [0.717, 1.165) is 43.5 Å². The summed E-state index contributed by atoms with van der Waals surface area (Å²) >= 11 is 0. The van der Waals surface area contributed by atoms with Crippen molar-refractivity contribution in [1.29, 1.82) is 0 Å². The lowest BCUT2D eigenvalue weighted by Gasteiger charge is -2.26. The quantitative estimate of drug-likeness (QED) is 0.344. The molecule has 0 amide bonds. The van der Waals surface area contributed by atoms with Gasteiger partial charge in [-0.1, -0.05) is 19.1 Å². The van der Waals surface area contributed by atoms with Gasteiger partial charge in [-0.25, -0.2) is 4.99 Å². The largest absolute Gasteiger partial charge is 0.486 e. The van der Waals surface area contributed by atoms with Crippen LogP contribution in [0.2, 0.25) is 0 Å². The maximum atomic E-state index is 5.95. The first-order chi connectivity index (χ1) is 12.1. The lowest BCUT2D eigenvalue weighted by molar-refractivity contribution is 0.0971. The number of hydrogen-bond acceptors (Lipinski definition) is 4. The first-order valence-corrected chi connectivity index (χ1v) is 9.24.